The largest absolute Gasteiger partial charge is 0.456 e. The number of anilines is 1. The van der Waals surface area contributed by atoms with Crippen molar-refractivity contribution < 1.29 is 19.1 Å². The SMILES string of the molecule is Cc1ccc([C@@H]2NC(=O)N(CC(=O)Nc3ccc(C(C)C)cc3)C3=C2C(=O)OC3)cc1. The molecule has 0 aromatic heterocycles. The third-order valence-corrected chi connectivity index (χ3v) is 5.57. The van der Waals surface area contributed by atoms with Crippen molar-refractivity contribution >= 4 is 23.6 Å². The first kappa shape index (κ1) is 20.7. The van der Waals surface area contributed by atoms with E-state index in [4.69, 9.17) is 4.74 Å². The van der Waals surface area contributed by atoms with E-state index in [1.807, 2.05) is 55.5 Å². The number of ether oxygens (including phenoxy) is 1. The molecule has 31 heavy (non-hydrogen) atoms. The van der Waals surface area contributed by atoms with Crippen LogP contribution < -0.4 is 10.6 Å². The quantitative estimate of drug-likeness (QED) is 0.725. The van der Waals surface area contributed by atoms with Gasteiger partial charge in [0.05, 0.1) is 17.3 Å². The molecule has 3 amide bonds. The monoisotopic (exact) mass is 419 g/mol. The molecule has 0 radical (unpaired) electrons. The highest BCUT2D eigenvalue weighted by Crippen LogP contribution is 2.35. The lowest BCUT2D eigenvalue weighted by molar-refractivity contribution is -0.136. The van der Waals surface area contributed by atoms with Gasteiger partial charge in [-0.1, -0.05) is 55.8 Å². The number of nitrogens with zero attached hydrogens (tertiary/aromatic N) is 1. The van der Waals surface area contributed by atoms with Gasteiger partial charge in [-0.05, 0) is 36.1 Å². The standard InChI is InChI=1S/C24H25N3O4/c1-14(2)16-8-10-18(11-9-16)25-20(28)12-27-19-13-31-23(29)21(19)22(26-24(27)30)17-6-4-15(3)5-7-17/h4-11,14,22H,12-13H2,1-3H3,(H,25,28)(H,26,30)/t22-/m0/s1. The molecule has 0 saturated carbocycles. The number of nitrogens with one attached hydrogen (secondary N) is 2. The van der Waals surface area contributed by atoms with Gasteiger partial charge < -0.3 is 15.4 Å². The molecule has 7 nitrogen and oxygen atoms in total. The number of cyclic esters (lactones) is 1. The Bertz CT molecular complexity index is 1060. The lowest BCUT2D eigenvalue weighted by atomic mass is 9.95. The molecule has 2 aliphatic heterocycles. The van der Waals surface area contributed by atoms with Crippen molar-refractivity contribution in [3.8, 4) is 0 Å². The summed E-state index contributed by atoms with van der Waals surface area (Å²) < 4.78 is 5.21. The molecule has 2 aliphatic rings. The van der Waals surface area contributed by atoms with E-state index in [0.717, 1.165) is 11.1 Å². The highest BCUT2D eigenvalue weighted by atomic mass is 16.5. The van der Waals surface area contributed by atoms with E-state index in [-0.39, 0.29) is 19.1 Å². The number of aryl methyl sites for hydroxylation is 1. The van der Waals surface area contributed by atoms with E-state index in [2.05, 4.69) is 24.5 Å². The van der Waals surface area contributed by atoms with Crippen LogP contribution in [0.4, 0.5) is 10.5 Å². The predicted molar refractivity (Wildman–Crippen MR) is 116 cm³/mol. The van der Waals surface area contributed by atoms with Crippen LogP contribution in [0.2, 0.25) is 0 Å². The summed E-state index contributed by atoms with van der Waals surface area (Å²) in [5.74, 6) is -0.434. The Morgan fingerprint density at radius 2 is 1.81 bits per heavy atom. The topological polar surface area (TPSA) is 87.7 Å². The minimum Gasteiger partial charge on any atom is -0.456 e. The number of amides is 3. The lowest BCUT2D eigenvalue weighted by Crippen LogP contribution is -2.49. The zero-order valence-electron chi connectivity index (χ0n) is 17.8. The van der Waals surface area contributed by atoms with Gasteiger partial charge >= 0.3 is 12.0 Å². The van der Waals surface area contributed by atoms with Crippen LogP contribution in [0.5, 0.6) is 0 Å². The molecular weight excluding hydrogens is 394 g/mol. The Balaban J connectivity index is 1.54. The average molecular weight is 419 g/mol. The third-order valence-electron chi connectivity index (χ3n) is 5.57. The van der Waals surface area contributed by atoms with E-state index in [9.17, 15) is 14.4 Å². The van der Waals surface area contributed by atoms with Gasteiger partial charge in [-0.15, -0.1) is 0 Å². The Labute approximate surface area is 181 Å². The summed E-state index contributed by atoms with van der Waals surface area (Å²) in [7, 11) is 0. The van der Waals surface area contributed by atoms with E-state index < -0.39 is 18.0 Å². The van der Waals surface area contributed by atoms with Gasteiger partial charge in [-0.2, -0.15) is 0 Å². The third kappa shape index (κ3) is 4.17. The number of urea groups is 1. The molecule has 0 unspecified atom stereocenters. The summed E-state index contributed by atoms with van der Waals surface area (Å²) in [6.07, 6.45) is 0. The molecule has 4 rings (SSSR count). The predicted octanol–water partition coefficient (Wildman–Crippen LogP) is 3.63. The fourth-order valence-corrected chi connectivity index (χ4v) is 3.78. The number of hydrogen-bond acceptors (Lipinski definition) is 4. The van der Waals surface area contributed by atoms with Crippen LogP contribution in [0.3, 0.4) is 0 Å². The molecule has 2 aromatic rings. The van der Waals surface area contributed by atoms with Crippen molar-refractivity contribution in [1.29, 1.82) is 0 Å². The van der Waals surface area contributed by atoms with Crippen LogP contribution in [0.15, 0.2) is 59.8 Å². The molecule has 0 saturated heterocycles. The van der Waals surface area contributed by atoms with E-state index in [1.54, 1.807) is 0 Å². The first-order valence-corrected chi connectivity index (χ1v) is 10.3. The van der Waals surface area contributed by atoms with Gasteiger partial charge in [0, 0.05) is 5.69 Å². The maximum absolute atomic E-state index is 12.8. The molecule has 0 spiro atoms. The Hall–Kier alpha value is -3.61. The molecular formula is C24H25N3O4. The van der Waals surface area contributed by atoms with Gasteiger partial charge in [0.25, 0.3) is 0 Å². The molecule has 2 heterocycles. The van der Waals surface area contributed by atoms with Crippen molar-refractivity contribution in [2.75, 3.05) is 18.5 Å². The molecule has 2 N–H and O–H groups in total. The summed E-state index contributed by atoms with van der Waals surface area (Å²) >= 11 is 0. The molecule has 0 aliphatic carbocycles. The molecule has 160 valence electrons. The van der Waals surface area contributed by atoms with Gasteiger partial charge in [0.1, 0.15) is 13.2 Å². The number of benzene rings is 2. The number of carbonyl (C=O) groups is 3. The summed E-state index contributed by atoms with van der Waals surface area (Å²) in [5.41, 5.74) is 4.50. The summed E-state index contributed by atoms with van der Waals surface area (Å²) in [6, 6.07) is 14.2. The lowest BCUT2D eigenvalue weighted by Gasteiger charge is -2.32. The number of rotatable bonds is 5. The number of esters is 1. The van der Waals surface area contributed by atoms with Crippen LogP contribution in [-0.4, -0.2) is 36.0 Å². The molecule has 7 heteroatoms. The van der Waals surface area contributed by atoms with Crippen LogP contribution in [0.25, 0.3) is 0 Å². The van der Waals surface area contributed by atoms with Gasteiger partial charge in [-0.3, -0.25) is 9.69 Å². The van der Waals surface area contributed by atoms with Crippen LogP contribution in [-0.2, 0) is 14.3 Å². The smallest absolute Gasteiger partial charge is 0.338 e. The average Bonchev–Trinajstić information content (AvgIpc) is 3.12. The molecule has 0 bridgehead atoms. The summed E-state index contributed by atoms with van der Waals surface area (Å²) in [4.78, 5) is 39.2. The molecule has 2 aromatic carbocycles. The highest BCUT2D eigenvalue weighted by molar-refractivity contribution is 6.00. The van der Waals surface area contributed by atoms with E-state index in [1.165, 1.54) is 10.5 Å². The summed E-state index contributed by atoms with van der Waals surface area (Å²) in [6.45, 7) is 5.92. The van der Waals surface area contributed by atoms with E-state index >= 15 is 0 Å². The zero-order valence-corrected chi connectivity index (χ0v) is 17.8. The first-order chi connectivity index (χ1) is 14.8. The normalized spacial score (nSPS) is 18.1. The van der Waals surface area contributed by atoms with Crippen molar-refractivity contribution in [3.05, 3.63) is 76.5 Å². The maximum atomic E-state index is 12.8. The van der Waals surface area contributed by atoms with Gasteiger partial charge in [0.2, 0.25) is 5.91 Å². The second kappa shape index (κ2) is 8.26. The number of hydrogen-bond donors (Lipinski definition) is 2. The van der Waals surface area contributed by atoms with Crippen LogP contribution >= 0.6 is 0 Å². The van der Waals surface area contributed by atoms with Gasteiger partial charge in [-0.25, -0.2) is 9.59 Å². The van der Waals surface area contributed by atoms with Crippen LogP contribution in [0, 0.1) is 6.92 Å². The fraction of sp³-hybridized carbons (Fsp3) is 0.292. The first-order valence-electron chi connectivity index (χ1n) is 10.3. The Kier molecular flexibility index (Phi) is 5.50. The van der Waals surface area contributed by atoms with Crippen molar-refractivity contribution in [2.24, 2.45) is 0 Å². The Morgan fingerprint density at radius 3 is 2.45 bits per heavy atom. The highest BCUT2D eigenvalue weighted by Gasteiger charge is 2.42. The minimum atomic E-state index is -0.596. The molecule has 1 atom stereocenters. The van der Waals surface area contributed by atoms with Crippen molar-refractivity contribution in [1.82, 2.24) is 10.2 Å². The van der Waals surface area contributed by atoms with E-state index in [0.29, 0.717) is 22.9 Å². The zero-order chi connectivity index (χ0) is 22.1. The fourth-order valence-electron chi connectivity index (χ4n) is 3.78. The minimum absolute atomic E-state index is 0.0275. The maximum Gasteiger partial charge on any atom is 0.338 e. The van der Waals surface area contributed by atoms with Gasteiger partial charge in [0.15, 0.2) is 0 Å². The van der Waals surface area contributed by atoms with Crippen molar-refractivity contribution in [3.63, 3.8) is 0 Å². The molecule has 0 fully saturated rings. The second-order valence-corrected chi connectivity index (χ2v) is 8.14. The van der Waals surface area contributed by atoms with Crippen LogP contribution in [0.1, 0.15) is 42.5 Å². The Morgan fingerprint density at radius 1 is 1.13 bits per heavy atom. The van der Waals surface area contributed by atoms with Crippen molar-refractivity contribution in [2.45, 2.75) is 32.7 Å². The summed E-state index contributed by atoms with van der Waals surface area (Å²) in [5, 5.41) is 5.65. The second-order valence-electron chi connectivity index (χ2n) is 8.14. The number of carbonyl (C=O) groups excluding carboxylic acids is 3.